The van der Waals surface area contributed by atoms with E-state index in [9.17, 15) is 4.79 Å². The Morgan fingerprint density at radius 2 is 2.33 bits per heavy atom. The number of nitrogens with zero attached hydrogens (tertiary/aromatic N) is 1. The summed E-state index contributed by atoms with van der Waals surface area (Å²) in [5.74, 6) is 0. The molecule has 0 aromatic heterocycles. The van der Waals surface area contributed by atoms with Gasteiger partial charge in [0.2, 0.25) is 0 Å². The predicted molar refractivity (Wildman–Crippen MR) is 59.9 cm³/mol. The fourth-order valence-electron chi connectivity index (χ4n) is 1.78. The van der Waals surface area contributed by atoms with Crippen molar-refractivity contribution in [2.24, 2.45) is 0 Å². The van der Waals surface area contributed by atoms with E-state index in [1.54, 1.807) is 0 Å². The standard InChI is InChI=1S/C11H22N2O2/c1-4-9(3)13(5-2)11(14)12-10-6-7-15-8-10/h9-10H,4-8H2,1-3H3,(H,12,14). The molecule has 0 aromatic carbocycles. The Bertz CT molecular complexity index is 203. The van der Waals surface area contributed by atoms with E-state index >= 15 is 0 Å². The molecule has 0 spiro atoms. The number of hydrogen-bond donors (Lipinski definition) is 1. The van der Waals surface area contributed by atoms with Gasteiger partial charge in [-0.1, -0.05) is 6.92 Å². The van der Waals surface area contributed by atoms with Crippen LogP contribution in [-0.2, 0) is 4.74 Å². The Morgan fingerprint density at radius 1 is 1.60 bits per heavy atom. The molecule has 0 aromatic rings. The second-order valence-corrected chi connectivity index (χ2v) is 4.05. The smallest absolute Gasteiger partial charge is 0.317 e. The minimum Gasteiger partial charge on any atom is -0.379 e. The molecule has 2 atom stereocenters. The van der Waals surface area contributed by atoms with E-state index in [4.69, 9.17) is 4.74 Å². The molecule has 1 saturated heterocycles. The van der Waals surface area contributed by atoms with E-state index < -0.39 is 0 Å². The highest BCUT2D eigenvalue weighted by atomic mass is 16.5. The maximum atomic E-state index is 11.9. The highest BCUT2D eigenvalue weighted by Crippen LogP contribution is 2.07. The van der Waals surface area contributed by atoms with E-state index in [0.717, 1.165) is 26.0 Å². The summed E-state index contributed by atoms with van der Waals surface area (Å²) >= 11 is 0. The Morgan fingerprint density at radius 3 is 2.80 bits per heavy atom. The fourth-order valence-corrected chi connectivity index (χ4v) is 1.78. The number of hydrogen-bond acceptors (Lipinski definition) is 2. The zero-order valence-corrected chi connectivity index (χ0v) is 9.95. The summed E-state index contributed by atoms with van der Waals surface area (Å²) in [6.45, 7) is 8.36. The van der Waals surface area contributed by atoms with Crippen LogP contribution in [0.4, 0.5) is 4.79 Å². The van der Waals surface area contributed by atoms with Crippen LogP contribution in [0.3, 0.4) is 0 Å². The molecule has 1 N–H and O–H groups in total. The molecule has 0 bridgehead atoms. The van der Waals surface area contributed by atoms with Crippen LogP contribution in [-0.4, -0.2) is 42.8 Å². The molecule has 2 amide bonds. The van der Waals surface area contributed by atoms with Gasteiger partial charge in [0.25, 0.3) is 0 Å². The lowest BCUT2D eigenvalue weighted by Crippen LogP contribution is -2.48. The third-order valence-electron chi connectivity index (χ3n) is 2.98. The molecule has 0 radical (unpaired) electrons. The lowest BCUT2D eigenvalue weighted by molar-refractivity contribution is 0.168. The summed E-state index contributed by atoms with van der Waals surface area (Å²) in [4.78, 5) is 13.8. The molecule has 15 heavy (non-hydrogen) atoms. The van der Waals surface area contributed by atoms with Gasteiger partial charge < -0.3 is 15.0 Å². The minimum absolute atomic E-state index is 0.0438. The summed E-state index contributed by atoms with van der Waals surface area (Å²) in [5.41, 5.74) is 0. The SMILES string of the molecule is CCC(C)N(CC)C(=O)NC1CCOC1. The second-order valence-electron chi connectivity index (χ2n) is 4.05. The summed E-state index contributed by atoms with van der Waals surface area (Å²) in [6, 6.07) is 0.551. The number of amides is 2. The molecule has 1 aliphatic heterocycles. The van der Waals surface area contributed by atoms with E-state index in [1.807, 2.05) is 11.8 Å². The lowest BCUT2D eigenvalue weighted by Gasteiger charge is -2.28. The molecular weight excluding hydrogens is 192 g/mol. The minimum atomic E-state index is 0.0438. The monoisotopic (exact) mass is 214 g/mol. The quantitative estimate of drug-likeness (QED) is 0.772. The van der Waals surface area contributed by atoms with Crippen molar-refractivity contribution in [1.29, 1.82) is 0 Å². The molecule has 1 fully saturated rings. The van der Waals surface area contributed by atoms with Gasteiger partial charge >= 0.3 is 6.03 Å². The first-order valence-electron chi connectivity index (χ1n) is 5.83. The average Bonchev–Trinajstić information content (AvgIpc) is 2.71. The molecule has 88 valence electrons. The van der Waals surface area contributed by atoms with Crippen molar-refractivity contribution < 1.29 is 9.53 Å². The van der Waals surface area contributed by atoms with Crippen molar-refractivity contribution in [3.8, 4) is 0 Å². The van der Waals surface area contributed by atoms with Gasteiger partial charge in [0.05, 0.1) is 12.6 Å². The van der Waals surface area contributed by atoms with Gasteiger partial charge in [-0.3, -0.25) is 0 Å². The molecule has 4 heteroatoms. The Balaban J connectivity index is 2.41. The van der Waals surface area contributed by atoms with Gasteiger partial charge in [-0.2, -0.15) is 0 Å². The van der Waals surface area contributed by atoms with Crippen molar-refractivity contribution in [3.63, 3.8) is 0 Å². The van der Waals surface area contributed by atoms with Crippen LogP contribution < -0.4 is 5.32 Å². The van der Waals surface area contributed by atoms with Gasteiger partial charge in [-0.15, -0.1) is 0 Å². The number of carbonyl (C=O) groups excluding carboxylic acids is 1. The number of urea groups is 1. The topological polar surface area (TPSA) is 41.6 Å². The van der Waals surface area contributed by atoms with Crippen LogP contribution in [0.5, 0.6) is 0 Å². The van der Waals surface area contributed by atoms with E-state index in [-0.39, 0.29) is 12.1 Å². The molecule has 1 rings (SSSR count). The van der Waals surface area contributed by atoms with Crippen LogP contribution >= 0.6 is 0 Å². The van der Waals surface area contributed by atoms with Gasteiger partial charge in [0.15, 0.2) is 0 Å². The van der Waals surface area contributed by atoms with Gasteiger partial charge in [0, 0.05) is 19.2 Å². The van der Waals surface area contributed by atoms with Gasteiger partial charge in [-0.25, -0.2) is 4.79 Å². The van der Waals surface area contributed by atoms with E-state index in [2.05, 4.69) is 19.2 Å². The van der Waals surface area contributed by atoms with Crippen LogP contribution in [0.15, 0.2) is 0 Å². The molecular formula is C11H22N2O2. The molecule has 1 aliphatic rings. The molecule has 1 heterocycles. The second kappa shape index (κ2) is 5.95. The van der Waals surface area contributed by atoms with E-state index in [0.29, 0.717) is 12.6 Å². The molecule has 0 saturated carbocycles. The zero-order valence-electron chi connectivity index (χ0n) is 9.95. The van der Waals surface area contributed by atoms with Crippen molar-refractivity contribution in [2.75, 3.05) is 19.8 Å². The Labute approximate surface area is 92.0 Å². The normalized spacial score (nSPS) is 22.5. The number of nitrogens with one attached hydrogen (secondary N) is 1. The van der Waals surface area contributed by atoms with Crippen molar-refractivity contribution >= 4 is 6.03 Å². The summed E-state index contributed by atoms with van der Waals surface area (Å²) < 4.78 is 5.22. The fraction of sp³-hybridized carbons (Fsp3) is 0.909. The van der Waals surface area contributed by atoms with Crippen LogP contribution in [0.2, 0.25) is 0 Å². The van der Waals surface area contributed by atoms with Crippen molar-refractivity contribution in [3.05, 3.63) is 0 Å². The largest absolute Gasteiger partial charge is 0.379 e. The van der Waals surface area contributed by atoms with Crippen LogP contribution in [0.1, 0.15) is 33.6 Å². The highest BCUT2D eigenvalue weighted by Gasteiger charge is 2.22. The Hall–Kier alpha value is -0.770. The molecule has 2 unspecified atom stereocenters. The summed E-state index contributed by atoms with van der Waals surface area (Å²) in [5, 5.41) is 3.01. The van der Waals surface area contributed by atoms with Crippen molar-refractivity contribution in [2.45, 2.75) is 45.7 Å². The third kappa shape index (κ3) is 3.38. The first kappa shape index (κ1) is 12.3. The first-order chi connectivity index (χ1) is 7.19. The highest BCUT2D eigenvalue weighted by molar-refractivity contribution is 5.74. The number of ether oxygens (including phenoxy) is 1. The predicted octanol–water partition coefficient (Wildman–Crippen LogP) is 1.61. The van der Waals surface area contributed by atoms with Gasteiger partial charge in [0.1, 0.15) is 0 Å². The zero-order chi connectivity index (χ0) is 11.3. The maximum Gasteiger partial charge on any atom is 0.317 e. The Kier molecular flexibility index (Phi) is 4.88. The molecule has 0 aliphatic carbocycles. The van der Waals surface area contributed by atoms with Crippen LogP contribution in [0.25, 0.3) is 0 Å². The average molecular weight is 214 g/mol. The van der Waals surface area contributed by atoms with Gasteiger partial charge in [-0.05, 0) is 26.7 Å². The summed E-state index contributed by atoms with van der Waals surface area (Å²) in [7, 11) is 0. The van der Waals surface area contributed by atoms with E-state index in [1.165, 1.54) is 0 Å². The third-order valence-corrected chi connectivity index (χ3v) is 2.98. The number of rotatable bonds is 4. The lowest BCUT2D eigenvalue weighted by atomic mass is 10.2. The van der Waals surface area contributed by atoms with Crippen molar-refractivity contribution in [1.82, 2.24) is 10.2 Å². The maximum absolute atomic E-state index is 11.9. The summed E-state index contributed by atoms with van der Waals surface area (Å²) in [6.07, 6.45) is 1.92. The van der Waals surface area contributed by atoms with Crippen LogP contribution in [0, 0.1) is 0 Å². The molecule has 4 nitrogen and oxygen atoms in total. The first-order valence-corrected chi connectivity index (χ1v) is 5.83. The number of carbonyl (C=O) groups is 1.